The third-order valence-corrected chi connectivity index (χ3v) is 5.43. The molecule has 1 aliphatic heterocycles. The molecular formula is C21H27N3S. The van der Waals surface area contributed by atoms with Gasteiger partial charge in [-0.1, -0.05) is 30.3 Å². The Morgan fingerprint density at radius 2 is 1.64 bits per heavy atom. The predicted octanol–water partition coefficient (Wildman–Crippen LogP) is 4.13. The summed E-state index contributed by atoms with van der Waals surface area (Å²) in [5.74, 6) is 0. The first kappa shape index (κ1) is 17.9. The standard InChI is InChI=1S/C21H27N3S/c1-16-8-9-20(14-18(16)3)22-21(25)24-12-10-23(11-13-24)15-19-7-5-4-6-17(19)2/h4-9,14H,10-13,15H2,1-3H3,(H,22,25). The molecule has 1 N–H and O–H groups in total. The van der Waals surface area contributed by atoms with E-state index in [2.05, 4.69) is 78.4 Å². The molecule has 0 radical (unpaired) electrons. The summed E-state index contributed by atoms with van der Waals surface area (Å²) in [6.07, 6.45) is 0. The predicted molar refractivity (Wildman–Crippen MR) is 110 cm³/mol. The van der Waals surface area contributed by atoms with Gasteiger partial charge in [0.1, 0.15) is 0 Å². The van der Waals surface area contributed by atoms with Gasteiger partial charge in [-0.3, -0.25) is 4.90 Å². The highest BCUT2D eigenvalue weighted by Crippen LogP contribution is 2.16. The van der Waals surface area contributed by atoms with Gasteiger partial charge in [0.05, 0.1) is 0 Å². The zero-order chi connectivity index (χ0) is 17.8. The number of aryl methyl sites for hydroxylation is 3. The number of hydrogen-bond donors (Lipinski definition) is 1. The fourth-order valence-electron chi connectivity index (χ4n) is 3.16. The van der Waals surface area contributed by atoms with Crippen LogP contribution in [0.15, 0.2) is 42.5 Å². The Kier molecular flexibility index (Phi) is 5.71. The van der Waals surface area contributed by atoms with Crippen molar-refractivity contribution < 1.29 is 0 Å². The zero-order valence-corrected chi connectivity index (χ0v) is 16.2. The molecule has 0 amide bonds. The Bertz CT molecular complexity index is 749. The van der Waals surface area contributed by atoms with Gasteiger partial charge in [-0.05, 0) is 67.4 Å². The molecule has 0 atom stereocenters. The molecule has 4 heteroatoms. The van der Waals surface area contributed by atoms with Gasteiger partial charge in [0.15, 0.2) is 5.11 Å². The van der Waals surface area contributed by atoms with Crippen molar-refractivity contribution in [1.82, 2.24) is 9.80 Å². The largest absolute Gasteiger partial charge is 0.346 e. The number of nitrogens with zero attached hydrogens (tertiary/aromatic N) is 2. The molecular weight excluding hydrogens is 326 g/mol. The molecule has 2 aromatic carbocycles. The van der Waals surface area contributed by atoms with Gasteiger partial charge < -0.3 is 10.2 Å². The molecule has 0 aromatic heterocycles. The average Bonchev–Trinajstić information content (AvgIpc) is 2.61. The molecule has 0 spiro atoms. The lowest BCUT2D eigenvalue weighted by Crippen LogP contribution is -2.49. The van der Waals surface area contributed by atoms with Crippen LogP contribution < -0.4 is 5.32 Å². The molecule has 0 aliphatic carbocycles. The van der Waals surface area contributed by atoms with Gasteiger partial charge in [-0.15, -0.1) is 0 Å². The van der Waals surface area contributed by atoms with Crippen LogP contribution in [-0.2, 0) is 6.54 Å². The normalized spacial score (nSPS) is 15.2. The molecule has 132 valence electrons. The lowest BCUT2D eigenvalue weighted by Gasteiger charge is -2.36. The van der Waals surface area contributed by atoms with Gasteiger partial charge in [0, 0.05) is 38.4 Å². The second-order valence-electron chi connectivity index (χ2n) is 6.92. The van der Waals surface area contributed by atoms with Crippen molar-refractivity contribution in [2.24, 2.45) is 0 Å². The van der Waals surface area contributed by atoms with E-state index in [1.165, 1.54) is 22.3 Å². The Balaban J connectivity index is 1.52. The summed E-state index contributed by atoms with van der Waals surface area (Å²) < 4.78 is 0. The van der Waals surface area contributed by atoms with Crippen LogP contribution in [0.3, 0.4) is 0 Å². The highest BCUT2D eigenvalue weighted by Gasteiger charge is 2.19. The second kappa shape index (κ2) is 7.98. The van der Waals surface area contributed by atoms with Crippen molar-refractivity contribution in [3.8, 4) is 0 Å². The number of hydrogen-bond acceptors (Lipinski definition) is 2. The van der Waals surface area contributed by atoms with Crippen LogP contribution in [0.25, 0.3) is 0 Å². The third kappa shape index (κ3) is 4.59. The van der Waals surface area contributed by atoms with Gasteiger partial charge in [-0.2, -0.15) is 0 Å². The maximum atomic E-state index is 5.62. The third-order valence-electron chi connectivity index (χ3n) is 5.07. The summed E-state index contributed by atoms with van der Waals surface area (Å²) in [5.41, 5.74) is 6.47. The molecule has 0 unspecified atom stereocenters. The van der Waals surface area contributed by atoms with E-state index in [4.69, 9.17) is 12.2 Å². The zero-order valence-electron chi connectivity index (χ0n) is 15.4. The molecule has 1 saturated heterocycles. The van der Waals surface area contributed by atoms with Crippen LogP contribution in [0, 0.1) is 20.8 Å². The van der Waals surface area contributed by atoms with E-state index in [1.807, 2.05) is 0 Å². The van der Waals surface area contributed by atoms with Gasteiger partial charge in [-0.25, -0.2) is 0 Å². The average molecular weight is 354 g/mol. The van der Waals surface area contributed by atoms with E-state index in [9.17, 15) is 0 Å². The minimum absolute atomic E-state index is 0.832. The summed E-state index contributed by atoms with van der Waals surface area (Å²) in [7, 11) is 0. The fourth-order valence-corrected chi connectivity index (χ4v) is 3.46. The van der Waals surface area contributed by atoms with Crippen LogP contribution in [-0.4, -0.2) is 41.1 Å². The number of rotatable bonds is 3. The SMILES string of the molecule is Cc1ccc(NC(=S)N2CCN(Cc3ccccc3C)CC2)cc1C. The molecule has 0 bridgehead atoms. The molecule has 1 aliphatic rings. The summed E-state index contributed by atoms with van der Waals surface area (Å²) in [5, 5.41) is 4.22. The smallest absolute Gasteiger partial charge is 0.173 e. The number of piperazine rings is 1. The second-order valence-corrected chi connectivity index (χ2v) is 7.31. The lowest BCUT2D eigenvalue weighted by atomic mass is 10.1. The fraction of sp³-hybridized carbons (Fsp3) is 0.381. The summed E-state index contributed by atoms with van der Waals surface area (Å²) in [6, 6.07) is 15.1. The molecule has 2 aromatic rings. The van der Waals surface area contributed by atoms with Crippen LogP contribution in [0.1, 0.15) is 22.3 Å². The van der Waals surface area contributed by atoms with Crippen LogP contribution >= 0.6 is 12.2 Å². The molecule has 25 heavy (non-hydrogen) atoms. The number of benzene rings is 2. The molecule has 3 rings (SSSR count). The topological polar surface area (TPSA) is 18.5 Å². The van der Waals surface area contributed by atoms with Crippen LogP contribution in [0.4, 0.5) is 5.69 Å². The highest BCUT2D eigenvalue weighted by molar-refractivity contribution is 7.80. The Morgan fingerprint density at radius 1 is 0.920 bits per heavy atom. The van der Waals surface area contributed by atoms with E-state index in [-0.39, 0.29) is 0 Å². The summed E-state index contributed by atoms with van der Waals surface area (Å²) in [4.78, 5) is 4.79. The number of nitrogens with one attached hydrogen (secondary N) is 1. The highest BCUT2D eigenvalue weighted by atomic mass is 32.1. The van der Waals surface area contributed by atoms with Crippen molar-refractivity contribution in [3.63, 3.8) is 0 Å². The maximum Gasteiger partial charge on any atom is 0.173 e. The minimum Gasteiger partial charge on any atom is -0.346 e. The first-order valence-corrected chi connectivity index (χ1v) is 9.34. The Labute approximate surface area is 156 Å². The minimum atomic E-state index is 0.832. The van der Waals surface area contributed by atoms with E-state index < -0.39 is 0 Å². The molecule has 0 saturated carbocycles. The van der Waals surface area contributed by atoms with E-state index in [0.29, 0.717) is 0 Å². The lowest BCUT2D eigenvalue weighted by molar-refractivity contribution is 0.176. The molecule has 3 nitrogen and oxygen atoms in total. The summed E-state index contributed by atoms with van der Waals surface area (Å²) in [6.45, 7) is 11.5. The van der Waals surface area contributed by atoms with Crippen LogP contribution in [0.5, 0.6) is 0 Å². The quantitative estimate of drug-likeness (QED) is 0.836. The number of thiocarbonyl (C=S) groups is 1. The van der Waals surface area contributed by atoms with Gasteiger partial charge >= 0.3 is 0 Å². The first-order valence-electron chi connectivity index (χ1n) is 8.93. The summed E-state index contributed by atoms with van der Waals surface area (Å²) >= 11 is 5.62. The van der Waals surface area contributed by atoms with Crippen molar-refractivity contribution in [2.45, 2.75) is 27.3 Å². The van der Waals surface area contributed by atoms with Crippen molar-refractivity contribution in [3.05, 3.63) is 64.7 Å². The molecule has 1 heterocycles. The van der Waals surface area contributed by atoms with Crippen molar-refractivity contribution >= 4 is 23.0 Å². The Hall–Kier alpha value is -1.91. The van der Waals surface area contributed by atoms with E-state index >= 15 is 0 Å². The van der Waals surface area contributed by atoms with E-state index in [1.54, 1.807) is 0 Å². The maximum absolute atomic E-state index is 5.62. The monoisotopic (exact) mass is 353 g/mol. The Morgan fingerprint density at radius 3 is 2.32 bits per heavy atom. The van der Waals surface area contributed by atoms with Crippen molar-refractivity contribution in [1.29, 1.82) is 0 Å². The van der Waals surface area contributed by atoms with Crippen LogP contribution in [0.2, 0.25) is 0 Å². The first-order chi connectivity index (χ1) is 12.0. The van der Waals surface area contributed by atoms with E-state index in [0.717, 1.165) is 43.5 Å². The number of anilines is 1. The molecule has 1 fully saturated rings. The van der Waals surface area contributed by atoms with Gasteiger partial charge in [0.25, 0.3) is 0 Å². The van der Waals surface area contributed by atoms with Crippen molar-refractivity contribution in [2.75, 3.05) is 31.5 Å². The van der Waals surface area contributed by atoms with Gasteiger partial charge in [0.2, 0.25) is 0 Å².